The standard InChI is InChI=1S/C26H20Cl2O7/c1-13-7-16(34-26(30)15-10-21(31-2)25(33-4)22(11-15)32-3)12-19-23(13)24(29)20(35-19)9-14-5-6-17(27)18(28)8-14/h5-12H,1-4H3/b20-9-. The highest BCUT2D eigenvalue weighted by Gasteiger charge is 2.30. The number of carbonyl (C=O) groups is 2. The number of hydrogen-bond donors (Lipinski definition) is 0. The van der Waals surface area contributed by atoms with Crippen LogP contribution in [0, 0.1) is 6.92 Å². The summed E-state index contributed by atoms with van der Waals surface area (Å²) in [6.45, 7) is 1.74. The van der Waals surface area contributed by atoms with Crippen molar-refractivity contribution >= 4 is 41.0 Å². The molecule has 7 nitrogen and oxygen atoms in total. The molecule has 1 aliphatic heterocycles. The molecule has 0 aromatic heterocycles. The van der Waals surface area contributed by atoms with Gasteiger partial charge in [-0.05, 0) is 54.5 Å². The highest BCUT2D eigenvalue weighted by atomic mass is 35.5. The number of halogens is 2. The van der Waals surface area contributed by atoms with E-state index in [0.717, 1.165) is 0 Å². The number of ketones is 1. The number of methoxy groups -OCH3 is 3. The summed E-state index contributed by atoms with van der Waals surface area (Å²) in [4.78, 5) is 25.8. The Labute approximate surface area is 211 Å². The molecule has 1 aliphatic rings. The lowest BCUT2D eigenvalue weighted by molar-refractivity contribution is 0.0733. The van der Waals surface area contributed by atoms with E-state index in [9.17, 15) is 9.59 Å². The minimum absolute atomic E-state index is 0.120. The molecular formula is C26H20Cl2O7. The predicted molar refractivity (Wildman–Crippen MR) is 132 cm³/mol. The summed E-state index contributed by atoms with van der Waals surface area (Å²) in [5.41, 5.74) is 1.83. The van der Waals surface area contributed by atoms with Crippen molar-refractivity contribution in [3.05, 3.63) is 80.5 Å². The molecule has 9 heteroatoms. The van der Waals surface area contributed by atoms with Crippen LogP contribution in [0.5, 0.6) is 28.7 Å². The van der Waals surface area contributed by atoms with E-state index in [2.05, 4.69) is 0 Å². The second kappa shape index (κ2) is 9.90. The minimum Gasteiger partial charge on any atom is -0.493 e. The highest BCUT2D eigenvalue weighted by Crippen LogP contribution is 2.40. The molecule has 0 spiro atoms. The Bertz CT molecular complexity index is 1350. The number of rotatable bonds is 6. The molecule has 0 bridgehead atoms. The van der Waals surface area contributed by atoms with Gasteiger partial charge in [0.05, 0.1) is 42.5 Å². The van der Waals surface area contributed by atoms with Gasteiger partial charge in [0.25, 0.3) is 0 Å². The van der Waals surface area contributed by atoms with E-state index in [4.69, 9.17) is 46.9 Å². The summed E-state index contributed by atoms with van der Waals surface area (Å²) in [7, 11) is 4.37. The van der Waals surface area contributed by atoms with E-state index in [1.54, 1.807) is 37.3 Å². The van der Waals surface area contributed by atoms with E-state index in [1.165, 1.54) is 39.5 Å². The fraction of sp³-hybridized carbons (Fsp3) is 0.154. The van der Waals surface area contributed by atoms with Crippen molar-refractivity contribution in [1.29, 1.82) is 0 Å². The molecule has 1 heterocycles. The van der Waals surface area contributed by atoms with Crippen LogP contribution in [0.25, 0.3) is 6.08 Å². The molecule has 180 valence electrons. The molecule has 0 aliphatic carbocycles. The van der Waals surface area contributed by atoms with Gasteiger partial charge in [0.2, 0.25) is 11.5 Å². The Balaban J connectivity index is 1.61. The van der Waals surface area contributed by atoms with E-state index >= 15 is 0 Å². The fourth-order valence-corrected chi connectivity index (χ4v) is 3.96. The Morgan fingerprint density at radius 3 is 2.20 bits per heavy atom. The predicted octanol–water partition coefficient (Wildman–Crippen LogP) is 6.16. The van der Waals surface area contributed by atoms with Crippen LogP contribution in [0.1, 0.15) is 31.8 Å². The molecule has 0 saturated heterocycles. The molecule has 3 aromatic rings. The number of hydrogen-bond acceptors (Lipinski definition) is 7. The lowest BCUT2D eigenvalue weighted by Crippen LogP contribution is -2.10. The molecule has 0 N–H and O–H groups in total. The van der Waals surface area contributed by atoms with Crippen LogP contribution in [0.3, 0.4) is 0 Å². The summed E-state index contributed by atoms with van der Waals surface area (Å²) in [6, 6.07) is 11.1. The number of benzene rings is 3. The van der Waals surface area contributed by atoms with Crippen molar-refractivity contribution in [2.24, 2.45) is 0 Å². The maximum absolute atomic E-state index is 12.9. The smallest absolute Gasteiger partial charge is 0.343 e. The van der Waals surface area contributed by atoms with Gasteiger partial charge in [0.15, 0.2) is 17.3 Å². The van der Waals surface area contributed by atoms with E-state index < -0.39 is 5.97 Å². The van der Waals surface area contributed by atoms with Crippen molar-refractivity contribution in [3.8, 4) is 28.7 Å². The summed E-state index contributed by atoms with van der Waals surface area (Å²) < 4.78 is 27.2. The zero-order chi connectivity index (χ0) is 25.3. The van der Waals surface area contributed by atoms with Gasteiger partial charge in [-0.2, -0.15) is 0 Å². The van der Waals surface area contributed by atoms with Crippen molar-refractivity contribution in [1.82, 2.24) is 0 Å². The molecular weight excluding hydrogens is 495 g/mol. The molecule has 0 fully saturated rings. The first-order chi connectivity index (χ1) is 16.7. The second-order valence-electron chi connectivity index (χ2n) is 7.53. The third kappa shape index (κ3) is 4.78. The lowest BCUT2D eigenvalue weighted by Gasteiger charge is -2.14. The van der Waals surface area contributed by atoms with Crippen LogP contribution in [0.2, 0.25) is 10.0 Å². The number of carbonyl (C=O) groups excluding carboxylic acids is 2. The molecule has 3 aromatic carbocycles. The third-order valence-electron chi connectivity index (χ3n) is 5.30. The first kappa shape index (κ1) is 24.4. The lowest BCUT2D eigenvalue weighted by atomic mass is 10.0. The Hall–Kier alpha value is -3.68. The van der Waals surface area contributed by atoms with Gasteiger partial charge in [-0.3, -0.25) is 4.79 Å². The van der Waals surface area contributed by atoms with Crippen molar-refractivity contribution in [3.63, 3.8) is 0 Å². The van der Waals surface area contributed by atoms with E-state index in [0.29, 0.717) is 44.0 Å². The third-order valence-corrected chi connectivity index (χ3v) is 6.04. The molecule has 35 heavy (non-hydrogen) atoms. The van der Waals surface area contributed by atoms with Crippen LogP contribution in [0.15, 0.2) is 48.2 Å². The average Bonchev–Trinajstić information content (AvgIpc) is 3.15. The molecule has 0 radical (unpaired) electrons. The van der Waals surface area contributed by atoms with Crippen LogP contribution < -0.4 is 23.7 Å². The van der Waals surface area contributed by atoms with E-state index in [1.807, 2.05) is 0 Å². The van der Waals surface area contributed by atoms with E-state index in [-0.39, 0.29) is 28.6 Å². The summed E-state index contributed by atoms with van der Waals surface area (Å²) >= 11 is 12.0. The Morgan fingerprint density at radius 2 is 1.60 bits per heavy atom. The van der Waals surface area contributed by atoms with Crippen molar-refractivity contribution < 1.29 is 33.3 Å². The normalized spacial score (nSPS) is 13.3. The topological polar surface area (TPSA) is 80.3 Å². The fourth-order valence-electron chi connectivity index (χ4n) is 3.65. The number of esters is 1. The largest absolute Gasteiger partial charge is 0.493 e. The summed E-state index contributed by atoms with van der Waals surface area (Å²) in [6.07, 6.45) is 1.57. The zero-order valence-electron chi connectivity index (χ0n) is 19.2. The van der Waals surface area contributed by atoms with Crippen molar-refractivity contribution in [2.75, 3.05) is 21.3 Å². The van der Waals surface area contributed by atoms with Gasteiger partial charge in [-0.1, -0.05) is 29.3 Å². The maximum atomic E-state index is 12.9. The number of Topliss-reactive ketones (excluding diaryl/α,β-unsaturated/α-hetero) is 1. The van der Waals surface area contributed by atoms with Crippen LogP contribution in [-0.2, 0) is 0 Å². The highest BCUT2D eigenvalue weighted by molar-refractivity contribution is 6.42. The molecule has 4 rings (SSSR count). The second-order valence-corrected chi connectivity index (χ2v) is 8.34. The van der Waals surface area contributed by atoms with Crippen LogP contribution in [-0.4, -0.2) is 33.1 Å². The Morgan fingerprint density at radius 1 is 0.914 bits per heavy atom. The van der Waals surface area contributed by atoms with Crippen LogP contribution >= 0.6 is 23.2 Å². The first-order valence-electron chi connectivity index (χ1n) is 10.3. The summed E-state index contributed by atoms with van der Waals surface area (Å²) in [5, 5.41) is 0.770. The SMILES string of the molecule is COc1cc(C(=O)Oc2cc(C)c3c(c2)O/C(=C\c2ccc(Cl)c(Cl)c2)C3=O)cc(OC)c1OC. The van der Waals surface area contributed by atoms with Gasteiger partial charge in [0.1, 0.15) is 11.5 Å². The molecule has 0 unspecified atom stereocenters. The monoisotopic (exact) mass is 514 g/mol. The number of ether oxygens (including phenoxy) is 5. The van der Waals surface area contributed by atoms with Crippen LogP contribution in [0.4, 0.5) is 0 Å². The van der Waals surface area contributed by atoms with Gasteiger partial charge in [-0.25, -0.2) is 4.79 Å². The number of fused-ring (bicyclic) bond motifs is 1. The van der Waals surface area contributed by atoms with Gasteiger partial charge in [0, 0.05) is 6.07 Å². The quantitative estimate of drug-likeness (QED) is 0.221. The Kier molecular flexibility index (Phi) is 6.91. The van der Waals surface area contributed by atoms with Gasteiger partial charge in [-0.15, -0.1) is 0 Å². The van der Waals surface area contributed by atoms with Crippen molar-refractivity contribution in [2.45, 2.75) is 6.92 Å². The first-order valence-corrected chi connectivity index (χ1v) is 11.1. The van der Waals surface area contributed by atoms with Gasteiger partial charge >= 0.3 is 5.97 Å². The zero-order valence-corrected chi connectivity index (χ0v) is 20.7. The molecule has 0 saturated carbocycles. The average molecular weight is 515 g/mol. The minimum atomic E-state index is -0.653. The number of aryl methyl sites for hydroxylation is 1. The molecule has 0 atom stereocenters. The van der Waals surface area contributed by atoms with Gasteiger partial charge < -0.3 is 23.7 Å². The maximum Gasteiger partial charge on any atom is 0.343 e. The summed E-state index contributed by atoms with van der Waals surface area (Å²) in [5.74, 6) is 0.663. The number of allylic oxidation sites excluding steroid dienone is 1. The molecule has 0 amide bonds.